The second-order valence-corrected chi connectivity index (χ2v) is 5.68. The summed E-state index contributed by atoms with van der Waals surface area (Å²) in [4.78, 5) is 27.6. The molecule has 1 aromatic heterocycles. The predicted molar refractivity (Wildman–Crippen MR) is 89.4 cm³/mol. The van der Waals surface area contributed by atoms with E-state index >= 15 is 0 Å². The van der Waals surface area contributed by atoms with Crippen molar-refractivity contribution in [1.29, 1.82) is 5.26 Å². The summed E-state index contributed by atoms with van der Waals surface area (Å²) in [5.74, 6) is 0.137. The topological polar surface area (TPSA) is 82.9 Å². The molecule has 1 heterocycles. The summed E-state index contributed by atoms with van der Waals surface area (Å²) < 4.78 is 0. The van der Waals surface area contributed by atoms with Crippen molar-refractivity contribution in [3.8, 4) is 6.07 Å². The van der Waals surface area contributed by atoms with Crippen LogP contribution in [0.1, 0.15) is 29.3 Å². The van der Waals surface area contributed by atoms with Crippen LogP contribution in [0.25, 0.3) is 0 Å². The van der Waals surface area contributed by atoms with Crippen LogP contribution in [0, 0.1) is 11.3 Å². The molecule has 2 rings (SSSR count). The molecule has 1 aromatic carbocycles. The predicted octanol–water partition coefficient (Wildman–Crippen LogP) is 3.28. The van der Waals surface area contributed by atoms with Gasteiger partial charge in [-0.05, 0) is 36.4 Å². The van der Waals surface area contributed by atoms with Gasteiger partial charge in [0, 0.05) is 23.9 Å². The third-order valence-electron chi connectivity index (χ3n) is 3.03. The fourth-order valence-corrected chi connectivity index (χ4v) is 2.56. The van der Waals surface area contributed by atoms with Crippen molar-refractivity contribution in [3.05, 3.63) is 53.7 Å². The van der Waals surface area contributed by atoms with E-state index in [9.17, 15) is 9.59 Å². The Morgan fingerprint density at radius 3 is 2.65 bits per heavy atom. The van der Waals surface area contributed by atoms with Gasteiger partial charge in [-0.25, -0.2) is 4.98 Å². The highest BCUT2D eigenvalue weighted by molar-refractivity contribution is 7.99. The Morgan fingerprint density at radius 2 is 2.00 bits per heavy atom. The molecule has 1 N–H and O–H groups in total. The number of amides is 1. The van der Waals surface area contributed by atoms with Gasteiger partial charge in [0.25, 0.3) is 0 Å². The number of thioether (sulfide) groups is 1. The van der Waals surface area contributed by atoms with Gasteiger partial charge >= 0.3 is 0 Å². The maximum atomic E-state index is 12.2. The van der Waals surface area contributed by atoms with Crippen molar-refractivity contribution in [2.45, 2.75) is 18.4 Å². The Morgan fingerprint density at radius 1 is 1.26 bits per heavy atom. The van der Waals surface area contributed by atoms with Crippen molar-refractivity contribution in [1.82, 2.24) is 4.98 Å². The van der Waals surface area contributed by atoms with E-state index in [1.807, 2.05) is 6.07 Å². The van der Waals surface area contributed by atoms with Gasteiger partial charge in [-0.15, -0.1) is 0 Å². The zero-order valence-corrected chi connectivity index (χ0v) is 13.4. The number of nitrogens with zero attached hydrogens (tertiary/aromatic N) is 2. The number of hydrogen-bond acceptors (Lipinski definition) is 5. The number of Topliss-reactive ketones (excluding diaryl/α,β-unsaturated/α-hetero) is 1. The number of hydrogen-bond donors (Lipinski definition) is 1. The van der Waals surface area contributed by atoms with Crippen molar-refractivity contribution in [2.24, 2.45) is 0 Å². The first-order valence-electron chi connectivity index (χ1n) is 7.04. The van der Waals surface area contributed by atoms with E-state index in [-0.39, 0.29) is 17.4 Å². The molecule has 1 amide bonds. The Bertz CT molecular complexity index is 751. The summed E-state index contributed by atoms with van der Waals surface area (Å²) in [5, 5.41) is 12.2. The Hall–Kier alpha value is -2.65. The number of benzene rings is 1. The van der Waals surface area contributed by atoms with Crippen LogP contribution < -0.4 is 5.32 Å². The molecule has 0 aliphatic heterocycles. The largest absolute Gasteiger partial charge is 0.326 e. The van der Waals surface area contributed by atoms with Gasteiger partial charge < -0.3 is 5.32 Å². The molecule has 0 unspecified atom stereocenters. The van der Waals surface area contributed by atoms with Crippen molar-refractivity contribution >= 4 is 29.1 Å². The average Bonchev–Trinajstić information content (AvgIpc) is 2.60. The van der Waals surface area contributed by atoms with E-state index in [0.717, 1.165) is 0 Å². The zero-order chi connectivity index (χ0) is 16.7. The summed E-state index contributed by atoms with van der Waals surface area (Å²) in [6, 6.07) is 12.1. The van der Waals surface area contributed by atoms with Crippen molar-refractivity contribution in [2.75, 3.05) is 11.1 Å². The molecule has 0 saturated carbocycles. The Labute approximate surface area is 138 Å². The van der Waals surface area contributed by atoms with Gasteiger partial charge in [-0.1, -0.05) is 18.7 Å². The maximum absolute atomic E-state index is 12.2. The molecule has 116 valence electrons. The molecule has 6 heteroatoms. The van der Waals surface area contributed by atoms with Crippen LogP contribution in [0.3, 0.4) is 0 Å². The summed E-state index contributed by atoms with van der Waals surface area (Å²) in [7, 11) is 0. The Balaban J connectivity index is 1.95. The molecule has 0 saturated heterocycles. The molecule has 0 radical (unpaired) electrons. The van der Waals surface area contributed by atoms with E-state index in [1.165, 1.54) is 11.8 Å². The van der Waals surface area contributed by atoms with Gasteiger partial charge in [-0.3, -0.25) is 9.59 Å². The van der Waals surface area contributed by atoms with E-state index in [2.05, 4.69) is 10.3 Å². The highest BCUT2D eigenvalue weighted by Crippen LogP contribution is 2.18. The summed E-state index contributed by atoms with van der Waals surface area (Å²) in [6.45, 7) is 1.78. The van der Waals surface area contributed by atoms with Crippen molar-refractivity contribution < 1.29 is 9.59 Å². The summed E-state index contributed by atoms with van der Waals surface area (Å²) in [6.07, 6.45) is 1.96. The van der Waals surface area contributed by atoms with Crippen LogP contribution in [0.4, 0.5) is 5.69 Å². The van der Waals surface area contributed by atoms with E-state index in [1.54, 1.807) is 49.5 Å². The SMILES string of the molecule is CCC(=O)Nc1ccc(C(=O)CSc2cc(C#N)ccn2)cc1. The van der Waals surface area contributed by atoms with E-state index < -0.39 is 0 Å². The number of ketones is 1. The fourth-order valence-electron chi connectivity index (χ4n) is 1.77. The third-order valence-corrected chi connectivity index (χ3v) is 3.95. The number of pyridine rings is 1. The normalized spacial score (nSPS) is 9.91. The number of carbonyl (C=O) groups is 2. The van der Waals surface area contributed by atoms with Crippen molar-refractivity contribution in [3.63, 3.8) is 0 Å². The van der Waals surface area contributed by atoms with Crippen LogP contribution in [-0.4, -0.2) is 22.4 Å². The summed E-state index contributed by atoms with van der Waals surface area (Å²) >= 11 is 1.29. The van der Waals surface area contributed by atoms with Gasteiger partial charge in [0.05, 0.1) is 22.4 Å². The molecule has 0 bridgehead atoms. The molecule has 0 aliphatic carbocycles. The monoisotopic (exact) mass is 325 g/mol. The molecule has 2 aromatic rings. The molecule has 0 fully saturated rings. The molecule has 0 spiro atoms. The number of rotatable bonds is 6. The number of nitriles is 1. The second-order valence-electron chi connectivity index (χ2n) is 4.69. The first-order chi connectivity index (χ1) is 11.1. The lowest BCUT2D eigenvalue weighted by Crippen LogP contribution is -2.09. The van der Waals surface area contributed by atoms with Crippen LogP contribution >= 0.6 is 11.8 Å². The molecule has 5 nitrogen and oxygen atoms in total. The summed E-state index contributed by atoms with van der Waals surface area (Å²) in [5.41, 5.74) is 1.76. The number of anilines is 1. The van der Waals surface area contributed by atoms with Crippen LogP contribution in [0.15, 0.2) is 47.6 Å². The first kappa shape index (κ1) is 16.7. The highest BCUT2D eigenvalue weighted by Gasteiger charge is 2.08. The average molecular weight is 325 g/mol. The minimum Gasteiger partial charge on any atom is -0.326 e. The standard InChI is InChI=1S/C17H15N3O2S/c1-2-16(22)20-14-5-3-13(4-6-14)15(21)11-23-17-9-12(10-18)7-8-19-17/h3-9H,2,11H2,1H3,(H,20,22). The minimum atomic E-state index is -0.0666. The Kier molecular flexibility index (Phi) is 5.89. The second kappa shape index (κ2) is 8.11. The van der Waals surface area contributed by atoms with Crippen LogP contribution in [0.5, 0.6) is 0 Å². The highest BCUT2D eigenvalue weighted by atomic mass is 32.2. The van der Waals surface area contributed by atoms with Crippen LogP contribution in [-0.2, 0) is 4.79 Å². The first-order valence-corrected chi connectivity index (χ1v) is 8.03. The lowest BCUT2D eigenvalue weighted by molar-refractivity contribution is -0.115. The quantitative estimate of drug-likeness (QED) is 0.651. The lowest BCUT2D eigenvalue weighted by atomic mass is 10.1. The number of nitrogens with one attached hydrogen (secondary N) is 1. The molecule has 23 heavy (non-hydrogen) atoms. The fraction of sp³-hybridized carbons (Fsp3) is 0.176. The minimum absolute atomic E-state index is 0.0347. The molecule has 0 atom stereocenters. The van der Waals surface area contributed by atoms with Gasteiger partial charge in [0.2, 0.25) is 5.91 Å². The van der Waals surface area contributed by atoms with E-state index in [4.69, 9.17) is 5.26 Å². The molecular weight excluding hydrogens is 310 g/mol. The smallest absolute Gasteiger partial charge is 0.224 e. The number of aromatic nitrogens is 1. The molecular formula is C17H15N3O2S. The van der Waals surface area contributed by atoms with Gasteiger partial charge in [0.15, 0.2) is 5.78 Å². The van der Waals surface area contributed by atoms with Gasteiger partial charge in [-0.2, -0.15) is 5.26 Å². The molecule has 0 aliphatic rings. The zero-order valence-electron chi connectivity index (χ0n) is 12.6. The maximum Gasteiger partial charge on any atom is 0.224 e. The van der Waals surface area contributed by atoms with Crippen LogP contribution in [0.2, 0.25) is 0 Å². The number of carbonyl (C=O) groups excluding carboxylic acids is 2. The lowest BCUT2D eigenvalue weighted by Gasteiger charge is -2.05. The third kappa shape index (κ3) is 4.94. The van der Waals surface area contributed by atoms with Gasteiger partial charge in [0.1, 0.15) is 0 Å². The van der Waals surface area contributed by atoms with E-state index in [0.29, 0.717) is 28.3 Å².